The van der Waals surface area contributed by atoms with Crippen LogP contribution in [-0.2, 0) is 0 Å². The van der Waals surface area contributed by atoms with Crippen molar-refractivity contribution in [2.24, 2.45) is 0 Å². The molecule has 1 aromatic heterocycles. The molecule has 1 aliphatic heterocycles. The van der Waals surface area contributed by atoms with E-state index in [1.54, 1.807) is 24.3 Å². The summed E-state index contributed by atoms with van der Waals surface area (Å²) in [6, 6.07) is 7.99. The highest BCUT2D eigenvalue weighted by Crippen LogP contribution is 2.23. The van der Waals surface area contributed by atoms with Crippen molar-refractivity contribution in [3.63, 3.8) is 0 Å². The first-order chi connectivity index (χ1) is 12.6. The Hall–Kier alpha value is -1.56. The van der Waals surface area contributed by atoms with Gasteiger partial charge in [0.15, 0.2) is 0 Å². The Morgan fingerprint density at radius 2 is 1.81 bits per heavy atom. The van der Waals surface area contributed by atoms with Crippen molar-refractivity contribution in [1.82, 2.24) is 14.7 Å². The summed E-state index contributed by atoms with van der Waals surface area (Å²) in [5.41, 5.74) is 0.306. The van der Waals surface area contributed by atoms with Crippen LogP contribution in [0.15, 0.2) is 35.1 Å². The normalized spacial score (nSPS) is 15.2. The Labute approximate surface area is 163 Å². The summed E-state index contributed by atoms with van der Waals surface area (Å²) in [6.45, 7) is 4.15. The van der Waals surface area contributed by atoms with Crippen LogP contribution >= 0.6 is 23.2 Å². The van der Waals surface area contributed by atoms with Gasteiger partial charge >= 0.3 is 0 Å². The third-order valence-corrected chi connectivity index (χ3v) is 5.23. The summed E-state index contributed by atoms with van der Waals surface area (Å²) in [6.07, 6.45) is 6.06. The Kier molecular flexibility index (Phi) is 6.94. The van der Waals surface area contributed by atoms with E-state index in [4.69, 9.17) is 27.9 Å². The van der Waals surface area contributed by atoms with Crippen molar-refractivity contribution < 1.29 is 4.74 Å². The SMILES string of the molecule is O=c1ccc(OCCCCN2CCCCC2)nn1-c1ccc(Cl)c(Cl)c1. The van der Waals surface area contributed by atoms with E-state index in [0.717, 1.165) is 19.4 Å². The molecule has 0 amide bonds. The number of ether oxygens (including phenoxy) is 1. The van der Waals surface area contributed by atoms with Gasteiger partial charge in [-0.1, -0.05) is 29.6 Å². The molecule has 1 aliphatic rings. The van der Waals surface area contributed by atoms with Gasteiger partial charge in [-0.25, -0.2) is 0 Å². The van der Waals surface area contributed by atoms with Gasteiger partial charge in [-0.2, -0.15) is 4.68 Å². The second-order valence-electron chi connectivity index (χ2n) is 6.48. The molecule has 1 fully saturated rings. The molecule has 140 valence electrons. The standard InChI is InChI=1S/C19H23Cl2N3O2/c20-16-7-6-15(14-17(16)21)24-19(25)9-8-18(22-24)26-13-5-4-12-23-10-2-1-3-11-23/h6-9,14H,1-5,10-13H2. The van der Waals surface area contributed by atoms with Crippen molar-refractivity contribution >= 4 is 23.2 Å². The Morgan fingerprint density at radius 3 is 2.58 bits per heavy atom. The van der Waals surface area contributed by atoms with Gasteiger partial charge in [-0.3, -0.25) is 4.79 Å². The van der Waals surface area contributed by atoms with Crippen molar-refractivity contribution in [3.8, 4) is 11.6 Å². The van der Waals surface area contributed by atoms with Crippen LogP contribution in [0.1, 0.15) is 32.1 Å². The third kappa shape index (κ3) is 5.22. The predicted molar refractivity (Wildman–Crippen MR) is 105 cm³/mol. The lowest BCUT2D eigenvalue weighted by Gasteiger charge is -2.26. The maximum Gasteiger partial charge on any atom is 0.271 e. The van der Waals surface area contributed by atoms with Crippen LogP contribution in [0, 0.1) is 0 Å². The zero-order chi connectivity index (χ0) is 18.4. The van der Waals surface area contributed by atoms with Crippen LogP contribution < -0.4 is 10.3 Å². The van der Waals surface area contributed by atoms with Gasteiger partial charge in [0.05, 0.1) is 22.3 Å². The summed E-state index contributed by atoms with van der Waals surface area (Å²) in [4.78, 5) is 14.6. The van der Waals surface area contributed by atoms with E-state index in [1.807, 2.05) is 0 Å². The average Bonchev–Trinajstić information content (AvgIpc) is 2.66. The van der Waals surface area contributed by atoms with Gasteiger partial charge < -0.3 is 9.64 Å². The predicted octanol–water partition coefficient (Wildman–Crippen LogP) is 4.18. The van der Waals surface area contributed by atoms with E-state index in [-0.39, 0.29) is 5.56 Å². The van der Waals surface area contributed by atoms with Gasteiger partial charge in [-0.05, 0) is 63.5 Å². The summed E-state index contributed by atoms with van der Waals surface area (Å²) in [5, 5.41) is 5.08. The van der Waals surface area contributed by atoms with Gasteiger partial charge in [-0.15, -0.1) is 5.10 Å². The highest BCUT2D eigenvalue weighted by atomic mass is 35.5. The third-order valence-electron chi connectivity index (χ3n) is 4.49. The van der Waals surface area contributed by atoms with E-state index in [2.05, 4.69) is 10.00 Å². The van der Waals surface area contributed by atoms with Gasteiger partial charge in [0, 0.05) is 12.1 Å². The van der Waals surface area contributed by atoms with Gasteiger partial charge in [0.2, 0.25) is 5.88 Å². The van der Waals surface area contributed by atoms with Crippen LogP contribution in [0.5, 0.6) is 5.88 Å². The molecule has 0 spiro atoms. The van der Waals surface area contributed by atoms with E-state index in [1.165, 1.54) is 43.1 Å². The number of halogens is 2. The topological polar surface area (TPSA) is 47.4 Å². The summed E-state index contributed by atoms with van der Waals surface area (Å²) in [7, 11) is 0. The molecule has 26 heavy (non-hydrogen) atoms. The molecular weight excluding hydrogens is 373 g/mol. The highest BCUT2D eigenvalue weighted by Gasteiger charge is 2.09. The number of benzene rings is 1. The lowest BCUT2D eigenvalue weighted by atomic mass is 10.1. The van der Waals surface area contributed by atoms with Crippen LogP contribution in [-0.4, -0.2) is 40.9 Å². The molecule has 0 bridgehead atoms. The number of piperidine rings is 1. The molecule has 0 unspecified atom stereocenters. The zero-order valence-electron chi connectivity index (χ0n) is 14.7. The van der Waals surface area contributed by atoms with Crippen LogP contribution in [0.25, 0.3) is 5.69 Å². The molecule has 0 N–H and O–H groups in total. The van der Waals surface area contributed by atoms with Crippen LogP contribution in [0.2, 0.25) is 10.0 Å². The lowest BCUT2D eigenvalue weighted by molar-refractivity contribution is 0.214. The summed E-state index contributed by atoms with van der Waals surface area (Å²) >= 11 is 12.0. The van der Waals surface area contributed by atoms with Crippen molar-refractivity contribution in [2.75, 3.05) is 26.2 Å². The van der Waals surface area contributed by atoms with Gasteiger partial charge in [0.25, 0.3) is 5.56 Å². The van der Waals surface area contributed by atoms with Crippen LogP contribution in [0.3, 0.4) is 0 Å². The minimum Gasteiger partial charge on any atom is -0.477 e. The second-order valence-corrected chi connectivity index (χ2v) is 7.29. The molecule has 2 heterocycles. The van der Waals surface area contributed by atoms with Crippen molar-refractivity contribution in [1.29, 1.82) is 0 Å². The molecule has 5 nitrogen and oxygen atoms in total. The summed E-state index contributed by atoms with van der Waals surface area (Å²) < 4.78 is 6.99. The highest BCUT2D eigenvalue weighted by molar-refractivity contribution is 6.42. The molecule has 2 aromatic rings. The largest absolute Gasteiger partial charge is 0.477 e. The molecule has 0 radical (unpaired) electrons. The van der Waals surface area contributed by atoms with E-state index >= 15 is 0 Å². The van der Waals surface area contributed by atoms with Gasteiger partial charge in [0.1, 0.15) is 0 Å². The number of hydrogen-bond donors (Lipinski definition) is 0. The molecule has 3 rings (SSSR count). The minimum atomic E-state index is -0.249. The smallest absolute Gasteiger partial charge is 0.271 e. The molecular formula is C19H23Cl2N3O2. The van der Waals surface area contributed by atoms with Crippen molar-refractivity contribution in [3.05, 3.63) is 50.7 Å². The maximum atomic E-state index is 12.1. The Bertz CT molecular complexity index is 789. The average molecular weight is 396 g/mol. The first-order valence-corrected chi connectivity index (χ1v) is 9.80. The molecule has 7 heteroatoms. The summed E-state index contributed by atoms with van der Waals surface area (Å²) in [5.74, 6) is 0.425. The lowest BCUT2D eigenvalue weighted by Crippen LogP contribution is -2.30. The minimum absolute atomic E-state index is 0.249. The number of likely N-dealkylation sites (tertiary alicyclic amines) is 1. The first-order valence-electron chi connectivity index (χ1n) is 9.04. The molecule has 1 aromatic carbocycles. The van der Waals surface area contributed by atoms with E-state index in [9.17, 15) is 4.79 Å². The molecule has 0 saturated carbocycles. The Balaban J connectivity index is 1.54. The second kappa shape index (κ2) is 9.40. The fourth-order valence-corrected chi connectivity index (χ4v) is 3.36. The fraction of sp³-hybridized carbons (Fsp3) is 0.474. The molecule has 1 saturated heterocycles. The monoisotopic (exact) mass is 395 g/mol. The first kappa shape index (κ1) is 19.2. The molecule has 0 atom stereocenters. The number of unbranched alkanes of at least 4 members (excludes halogenated alkanes) is 1. The fourth-order valence-electron chi connectivity index (χ4n) is 3.07. The van der Waals surface area contributed by atoms with Crippen LogP contribution in [0.4, 0.5) is 0 Å². The Morgan fingerprint density at radius 1 is 1.00 bits per heavy atom. The maximum absolute atomic E-state index is 12.1. The quantitative estimate of drug-likeness (QED) is 0.659. The van der Waals surface area contributed by atoms with E-state index in [0.29, 0.717) is 28.2 Å². The molecule has 0 aliphatic carbocycles. The van der Waals surface area contributed by atoms with E-state index < -0.39 is 0 Å². The number of hydrogen-bond acceptors (Lipinski definition) is 4. The zero-order valence-corrected chi connectivity index (χ0v) is 16.2. The number of nitrogens with zero attached hydrogens (tertiary/aromatic N) is 3. The van der Waals surface area contributed by atoms with Crippen molar-refractivity contribution in [2.45, 2.75) is 32.1 Å². The number of rotatable bonds is 7. The number of aromatic nitrogens is 2.